The highest BCUT2D eigenvalue weighted by Gasteiger charge is 2.38. The summed E-state index contributed by atoms with van der Waals surface area (Å²) >= 11 is 0. The number of hydrogen-bond acceptors (Lipinski definition) is 12. The predicted octanol–water partition coefficient (Wildman–Crippen LogP) is 10.1. The van der Waals surface area contributed by atoms with Crippen LogP contribution < -0.4 is 43.5 Å². The van der Waals surface area contributed by atoms with Crippen LogP contribution in [0.1, 0.15) is 82.8 Å². The number of pyridine rings is 2. The maximum atomic E-state index is 13.7. The number of anilines is 2. The van der Waals surface area contributed by atoms with Crippen molar-refractivity contribution in [3.8, 4) is 0 Å². The van der Waals surface area contributed by atoms with Crippen molar-refractivity contribution in [2.24, 2.45) is 11.6 Å². The average Bonchev–Trinajstić information content (AvgIpc) is 3.68. The second-order valence-electron chi connectivity index (χ2n) is 17.7. The monoisotopic (exact) mass is 929 g/mol. The minimum Gasteiger partial charge on any atom is -0.400 e. The molecule has 1 fully saturated rings. The lowest BCUT2D eigenvalue weighted by molar-refractivity contribution is 0.0150. The van der Waals surface area contributed by atoms with Crippen LogP contribution in [0.25, 0.3) is 33.2 Å². The van der Waals surface area contributed by atoms with Gasteiger partial charge in [0.2, 0.25) is 0 Å². The standard InChI is InChI=1S/C54H74F2N12/c1-10-60-42(8)45-25-29-61-52-47(45)18-15-21-50(52)65-38(4)17-11-13-28-59-34-44(57)35-68(58)31-14-12-20-49(37(2)3)64-39(5)23-24-40(6)66-51-22-16-19-48-46(26-30-62-53(48)51)43(9)63-33-41(7)67-32-27-54(55,56)36-67/h15-16,18-19,21-22,25-26,29-30,35,49,59-60,63-66H,2,4-14,17,20,23-24,27-28,31-34,36,57-58H2,1,3H3/b44-35-. The predicted molar refractivity (Wildman–Crippen MR) is 283 cm³/mol. The molecule has 2 aromatic carbocycles. The molecule has 14 heteroatoms. The maximum Gasteiger partial charge on any atom is 0.266 e. The second-order valence-corrected chi connectivity index (χ2v) is 17.7. The van der Waals surface area contributed by atoms with E-state index >= 15 is 0 Å². The molecule has 2 aromatic heterocycles. The van der Waals surface area contributed by atoms with E-state index in [0.717, 1.165) is 124 Å². The number of benzene rings is 2. The van der Waals surface area contributed by atoms with Gasteiger partial charge in [0.1, 0.15) is 0 Å². The number of hydrazine groups is 1. The smallest absolute Gasteiger partial charge is 0.266 e. The fourth-order valence-corrected chi connectivity index (χ4v) is 8.17. The Balaban J connectivity index is 0.954. The Morgan fingerprint density at radius 3 is 1.99 bits per heavy atom. The van der Waals surface area contributed by atoms with Gasteiger partial charge in [0.15, 0.2) is 0 Å². The highest BCUT2D eigenvalue weighted by atomic mass is 19.3. The highest BCUT2D eigenvalue weighted by Crippen LogP contribution is 2.31. The van der Waals surface area contributed by atoms with E-state index in [-0.39, 0.29) is 19.0 Å². The molecule has 12 nitrogen and oxygen atoms in total. The van der Waals surface area contributed by atoms with E-state index in [0.29, 0.717) is 56.1 Å². The minimum atomic E-state index is -2.68. The first-order valence-electron chi connectivity index (χ1n) is 23.6. The molecule has 1 saturated heterocycles. The van der Waals surface area contributed by atoms with Crippen LogP contribution in [0.15, 0.2) is 147 Å². The van der Waals surface area contributed by atoms with Crippen LogP contribution in [-0.2, 0) is 0 Å². The third-order valence-electron chi connectivity index (χ3n) is 11.9. The Labute approximate surface area is 403 Å². The fourth-order valence-electron chi connectivity index (χ4n) is 8.17. The fraction of sp³-hybridized carbons (Fsp3) is 0.370. The molecule has 3 heterocycles. The molecule has 10 N–H and O–H groups in total. The summed E-state index contributed by atoms with van der Waals surface area (Å²) < 4.78 is 27.5. The van der Waals surface area contributed by atoms with E-state index in [9.17, 15) is 8.78 Å². The molecule has 1 aliphatic rings. The molecule has 4 aromatic rings. The van der Waals surface area contributed by atoms with E-state index in [1.54, 1.807) is 22.3 Å². The Bertz CT molecular complexity index is 2470. The zero-order chi connectivity index (χ0) is 49.2. The number of hydrogen-bond donors (Lipinski definition) is 8. The molecule has 364 valence electrons. The van der Waals surface area contributed by atoms with Crippen LogP contribution in [0.4, 0.5) is 20.2 Å². The quantitative estimate of drug-likeness (QED) is 0.0105. The molecule has 0 bridgehead atoms. The van der Waals surface area contributed by atoms with E-state index in [1.807, 2.05) is 55.6 Å². The van der Waals surface area contributed by atoms with Crippen molar-refractivity contribution in [1.82, 2.24) is 41.1 Å². The van der Waals surface area contributed by atoms with Crippen LogP contribution in [0.5, 0.6) is 0 Å². The summed E-state index contributed by atoms with van der Waals surface area (Å²) in [6.45, 7) is 36.8. The molecule has 0 saturated carbocycles. The molecule has 68 heavy (non-hydrogen) atoms. The summed E-state index contributed by atoms with van der Waals surface area (Å²) in [6, 6.07) is 16.0. The van der Waals surface area contributed by atoms with Gasteiger partial charge in [0, 0.05) is 119 Å². The molecule has 5 rings (SSSR count). The van der Waals surface area contributed by atoms with Gasteiger partial charge in [-0.15, -0.1) is 0 Å². The van der Waals surface area contributed by atoms with Crippen LogP contribution in [-0.4, -0.2) is 77.7 Å². The molecule has 1 unspecified atom stereocenters. The molecule has 1 atom stereocenters. The lowest BCUT2D eigenvalue weighted by Crippen LogP contribution is -2.31. The summed E-state index contributed by atoms with van der Waals surface area (Å²) in [5, 5.41) is 24.1. The van der Waals surface area contributed by atoms with Crippen LogP contribution in [0.3, 0.4) is 0 Å². The Kier molecular flexibility index (Phi) is 19.6. The number of allylic oxidation sites excluding steroid dienone is 3. The zero-order valence-electron chi connectivity index (χ0n) is 40.4. The van der Waals surface area contributed by atoms with Gasteiger partial charge in [-0.05, 0) is 96.0 Å². The lowest BCUT2D eigenvalue weighted by atomic mass is 10.0. The molecule has 0 spiro atoms. The molecular formula is C54H74F2N12. The van der Waals surface area contributed by atoms with Crippen molar-refractivity contribution in [2.75, 3.05) is 56.4 Å². The first-order valence-corrected chi connectivity index (χ1v) is 23.6. The molecule has 0 aliphatic carbocycles. The van der Waals surface area contributed by atoms with Crippen molar-refractivity contribution in [2.45, 2.75) is 83.6 Å². The van der Waals surface area contributed by atoms with Gasteiger partial charge in [-0.25, -0.2) is 14.6 Å². The number of aromatic nitrogens is 2. The topological polar surface area (TPSA) is 156 Å². The van der Waals surface area contributed by atoms with E-state index in [4.69, 9.17) is 11.6 Å². The number of nitrogens with zero attached hydrogens (tertiary/aromatic N) is 4. The summed E-state index contributed by atoms with van der Waals surface area (Å²) in [7, 11) is 0. The number of alkyl halides is 2. The molecule has 0 amide bonds. The summed E-state index contributed by atoms with van der Waals surface area (Å²) in [6.07, 6.45) is 12.1. The van der Waals surface area contributed by atoms with E-state index in [2.05, 4.69) is 101 Å². The van der Waals surface area contributed by atoms with Crippen molar-refractivity contribution < 1.29 is 8.78 Å². The van der Waals surface area contributed by atoms with Crippen molar-refractivity contribution in [3.05, 3.63) is 158 Å². The SMILES string of the molecule is C=C(CCCCNC/C(N)=C/N(N)CCCCC(NC(=C)CCC(=C)Nc1cccc2c(C(=C)NCC(=C)N3CCC(F)(F)C3)ccnc12)C(=C)C)Nc1cccc2c(C(=C)NCC)ccnc12. The first kappa shape index (κ1) is 52.3. The number of unbranched alkanes of at least 4 members (excludes halogenated alkanes) is 2. The zero-order valence-corrected chi connectivity index (χ0v) is 40.4. The van der Waals surface area contributed by atoms with Crippen LogP contribution in [0, 0.1) is 0 Å². The third-order valence-corrected chi connectivity index (χ3v) is 11.9. The van der Waals surface area contributed by atoms with Crippen molar-refractivity contribution >= 4 is 44.6 Å². The van der Waals surface area contributed by atoms with Gasteiger partial charge >= 0.3 is 0 Å². The van der Waals surface area contributed by atoms with E-state index < -0.39 is 5.92 Å². The van der Waals surface area contributed by atoms with Crippen LogP contribution in [0.2, 0.25) is 0 Å². The summed E-state index contributed by atoms with van der Waals surface area (Å²) in [5.74, 6) is 3.62. The number of para-hydroxylation sites is 2. The number of halogens is 2. The molecule has 1 aliphatic heterocycles. The number of likely N-dealkylation sites (tertiary alicyclic amines) is 1. The van der Waals surface area contributed by atoms with Gasteiger partial charge in [-0.3, -0.25) is 9.97 Å². The van der Waals surface area contributed by atoms with Gasteiger partial charge in [0.05, 0.1) is 35.5 Å². The van der Waals surface area contributed by atoms with Gasteiger partial charge in [-0.2, -0.15) is 0 Å². The minimum absolute atomic E-state index is 0.0842. The van der Waals surface area contributed by atoms with Crippen molar-refractivity contribution in [1.29, 1.82) is 0 Å². The maximum absolute atomic E-state index is 13.7. The number of nitrogens with two attached hydrogens (primary N) is 2. The third kappa shape index (κ3) is 15.7. The first-order chi connectivity index (χ1) is 32.5. The molecule has 0 radical (unpaired) electrons. The van der Waals surface area contributed by atoms with Gasteiger partial charge in [-0.1, -0.05) is 75.9 Å². The Hall–Kier alpha value is -6.64. The number of rotatable bonds is 31. The van der Waals surface area contributed by atoms with Crippen molar-refractivity contribution in [3.63, 3.8) is 0 Å². The summed E-state index contributed by atoms with van der Waals surface area (Å²) in [4.78, 5) is 10.9. The second kappa shape index (κ2) is 25.5. The summed E-state index contributed by atoms with van der Waals surface area (Å²) in [5.41, 5.74) is 18.2. The van der Waals surface area contributed by atoms with Gasteiger partial charge in [0.25, 0.3) is 5.92 Å². The highest BCUT2D eigenvalue weighted by molar-refractivity contribution is 5.99. The normalized spacial score (nSPS) is 13.7. The van der Waals surface area contributed by atoms with Crippen LogP contribution >= 0.6 is 0 Å². The number of fused-ring (bicyclic) bond motifs is 2. The van der Waals surface area contributed by atoms with E-state index in [1.165, 1.54) is 0 Å². The largest absolute Gasteiger partial charge is 0.400 e. The molecular weight excluding hydrogens is 855 g/mol. The Morgan fingerprint density at radius 1 is 0.794 bits per heavy atom. The lowest BCUT2D eigenvalue weighted by Gasteiger charge is -2.23. The average molecular weight is 929 g/mol. The number of nitrogens with one attached hydrogen (secondary N) is 6. The van der Waals surface area contributed by atoms with Gasteiger partial charge < -0.3 is 47.5 Å². The Morgan fingerprint density at radius 2 is 1.40 bits per heavy atom.